The van der Waals surface area contributed by atoms with Gasteiger partial charge < -0.3 is 0 Å². The summed E-state index contributed by atoms with van der Waals surface area (Å²) in [6.45, 7) is 4.82. The van der Waals surface area contributed by atoms with Gasteiger partial charge in [-0.25, -0.2) is 0 Å². The van der Waals surface area contributed by atoms with Crippen LogP contribution in [0.5, 0.6) is 0 Å². The molecule has 1 rings (SSSR count). The standard InChI is InChI=1S/C19H16F15NO/c1-7-11(8(2)36)9(6-10(35-7)12(3,4)5)13(20,21)14(22,23)15(24,25)16(26,27)17(28,29)18(30,31)19(32,33)34/h6H,1-5H3. The van der Waals surface area contributed by atoms with E-state index in [0.717, 1.165) is 6.92 Å². The van der Waals surface area contributed by atoms with Crippen LogP contribution in [-0.2, 0) is 11.3 Å². The Bertz CT molecular complexity index is 1020. The number of carbonyl (C=O) groups excluding carboxylic acids is 1. The number of hydrogen-bond acceptors (Lipinski definition) is 2. The molecule has 0 aliphatic carbocycles. The third kappa shape index (κ3) is 4.29. The zero-order valence-electron chi connectivity index (χ0n) is 18.6. The van der Waals surface area contributed by atoms with Gasteiger partial charge in [-0.3, -0.25) is 9.78 Å². The van der Waals surface area contributed by atoms with Gasteiger partial charge in [0.05, 0.1) is 0 Å². The maximum atomic E-state index is 14.8. The zero-order valence-corrected chi connectivity index (χ0v) is 18.6. The molecule has 0 unspecified atom stereocenters. The topological polar surface area (TPSA) is 30.0 Å². The van der Waals surface area contributed by atoms with E-state index in [1.165, 1.54) is 20.8 Å². The molecule has 1 aromatic rings. The van der Waals surface area contributed by atoms with Gasteiger partial charge in [0, 0.05) is 27.9 Å². The van der Waals surface area contributed by atoms with Crippen LogP contribution < -0.4 is 0 Å². The Morgan fingerprint density at radius 2 is 1.03 bits per heavy atom. The number of Topliss-reactive ketones (excluding diaryl/α,β-unsaturated/α-hetero) is 1. The number of aromatic nitrogens is 1. The van der Waals surface area contributed by atoms with Crippen LogP contribution in [-0.4, -0.2) is 46.6 Å². The van der Waals surface area contributed by atoms with Gasteiger partial charge in [-0.05, 0) is 19.9 Å². The molecule has 1 heterocycles. The minimum absolute atomic E-state index is 0.0890. The molecule has 0 amide bonds. The fourth-order valence-corrected chi connectivity index (χ4v) is 2.88. The highest BCUT2D eigenvalue weighted by Gasteiger charge is 2.93. The molecule has 0 fully saturated rings. The lowest BCUT2D eigenvalue weighted by Gasteiger charge is -2.41. The fourth-order valence-electron chi connectivity index (χ4n) is 2.88. The van der Waals surface area contributed by atoms with Crippen molar-refractivity contribution in [1.82, 2.24) is 4.98 Å². The highest BCUT2D eigenvalue weighted by atomic mass is 19.4. The summed E-state index contributed by atoms with van der Waals surface area (Å²) >= 11 is 0. The lowest BCUT2D eigenvalue weighted by atomic mass is 9.83. The highest BCUT2D eigenvalue weighted by molar-refractivity contribution is 5.97. The second kappa shape index (κ2) is 8.39. The molecule has 36 heavy (non-hydrogen) atoms. The van der Waals surface area contributed by atoms with Crippen molar-refractivity contribution in [2.45, 2.75) is 81.7 Å². The highest BCUT2D eigenvalue weighted by Crippen LogP contribution is 2.64. The van der Waals surface area contributed by atoms with Crippen LogP contribution in [0.2, 0.25) is 0 Å². The molecule has 0 N–H and O–H groups in total. The van der Waals surface area contributed by atoms with Crippen molar-refractivity contribution in [1.29, 1.82) is 0 Å². The van der Waals surface area contributed by atoms with Crippen LogP contribution in [0, 0.1) is 6.92 Å². The SMILES string of the molecule is CC(=O)c1c(C(F)(F)C(F)(F)C(F)(F)C(F)(F)C(F)(F)C(F)(F)C(F)(F)F)cc(C(C)(C)C)nc1C. The predicted octanol–water partition coefficient (Wildman–Crippen LogP) is 7.72. The molecule has 0 radical (unpaired) electrons. The molecule has 2 nitrogen and oxygen atoms in total. The van der Waals surface area contributed by atoms with Crippen molar-refractivity contribution in [2.75, 3.05) is 0 Å². The molecule has 0 atom stereocenters. The average Bonchev–Trinajstić information content (AvgIpc) is 2.64. The number of aryl methyl sites for hydroxylation is 1. The molecular weight excluding hydrogens is 543 g/mol. The lowest BCUT2D eigenvalue weighted by Crippen LogP contribution is -2.72. The van der Waals surface area contributed by atoms with Gasteiger partial charge in [0.2, 0.25) is 0 Å². The first-order chi connectivity index (χ1) is 15.4. The number of pyridine rings is 1. The number of rotatable bonds is 7. The molecule has 17 heteroatoms. The molecule has 0 saturated heterocycles. The Kier molecular flexibility index (Phi) is 7.42. The fraction of sp³-hybridized carbons (Fsp3) is 0.684. The van der Waals surface area contributed by atoms with Crippen molar-refractivity contribution in [3.05, 3.63) is 28.6 Å². The lowest BCUT2D eigenvalue weighted by molar-refractivity contribution is -0.453. The molecule has 0 aromatic carbocycles. The van der Waals surface area contributed by atoms with Gasteiger partial charge in [-0.2, -0.15) is 65.9 Å². The van der Waals surface area contributed by atoms with Crippen molar-refractivity contribution in [2.24, 2.45) is 0 Å². The number of hydrogen-bond donors (Lipinski definition) is 0. The van der Waals surface area contributed by atoms with Crippen LogP contribution in [0.1, 0.15) is 55.0 Å². The second-order valence-electron chi connectivity index (χ2n) is 8.77. The first-order valence-electron chi connectivity index (χ1n) is 9.31. The van der Waals surface area contributed by atoms with Crippen molar-refractivity contribution >= 4 is 5.78 Å². The summed E-state index contributed by atoms with van der Waals surface area (Å²) in [6.07, 6.45) is -7.68. The number of halogens is 15. The van der Waals surface area contributed by atoms with Gasteiger partial charge in [0.25, 0.3) is 0 Å². The second-order valence-corrected chi connectivity index (χ2v) is 8.77. The summed E-state index contributed by atoms with van der Waals surface area (Å²) in [5, 5.41) is 0. The van der Waals surface area contributed by atoms with Crippen LogP contribution in [0.4, 0.5) is 65.9 Å². The van der Waals surface area contributed by atoms with E-state index >= 15 is 0 Å². The maximum Gasteiger partial charge on any atom is 0.460 e. The van der Waals surface area contributed by atoms with E-state index in [-0.39, 0.29) is 6.07 Å². The molecule has 0 saturated carbocycles. The van der Waals surface area contributed by atoms with Gasteiger partial charge in [-0.15, -0.1) is 0 Å². The molecule has 0 aliphatic heterocycles. The molecule has 0 spiro atoms. The maximum absolute atomic E-state index is 14.8. The third-order valence-electron chi connectivity index (χ3n) is 4.99. The summed E-state index contributed by atoms with van der Waals surface area (Å²) in [7, 11) is 0. The van der Waals surface area contributed by atoms with Crippen LogP contribution in [0.15, 0.2) is 6.07 Å². The summed E-state index contributed by atoms with van der Waals surface area (Å²) in [4.78, 5) is 15.4. The summed E-state index contributed by atoms with van der Waals surface area (Å²) in [5.74, 6) is -49.1. The largest absolute Gasteiger partial charge is 0.460 e. The average molecular weight is 559 g/mol. The Morgan fingerprint density at radius 1 is 0.667 bits per heavy atom. The van der Waals surface area contributed by atoms with Gasteiger partial charge in [0.1, 0.15) is 0 Å². The first-order valence-corrected chi connectivity index (χ1v) is 9.31. The molecule has 208 valence electrons. The van der Waals surface area contributed by atoms with Crippen molar-refractivity contribution < 1.29 is 70.7 Å². The van der Waals surface area contributed by atoms with Crippen molar-refractivity contribution in [3.63, 3.8) is 0 Å². The predicted molar refractivity (Wildman–Crippen MR) is 92.4 cm³/mol. The van der Waals surface area contributed by atoms with Gasteiger partial charge in [0.15, 0.2) is 5.78 Å². The normalized spacial score (nSPS) is 15.3. The van der Waals surface area contributed by atoms with Gasteiger partial charge in [-0.1, -0.05) is 20.8 Å². The van der Waals surface area contributed by atoms with E-state index in [4.69, 9.17) is 0 Å². The van der Waals surface area contributed by atoms with E-state index in [2.05, 4.69) is 4.98 Å². The molecule has 0 aliphatic rings. The number of nitrogens with zero attached hydrogens (tertiary/aromatic N) is 1. The molecular formula is C19H16F15NO. The van der Waals surface area contributed by atoms with E-state index < -0.39 is 75.4 Å². The zero-order chi connectivity index (χ0) is 29.3. The Hall–Kier alpha value is -2.23. The minimum Gasteiger partial charge on any atom is -0.294 e. The Morgan fingerprint density at radius 3 is 1.36 bits per heavy atom. The van der Waals surface area contributed by atoms with Crippen LogP contribution in [0.25, 0.3) is 0 Å². The van der Waals surface area contributed by atoms with E-state index in [1.54, 1.807) is 0 Å². The smallest absolute Gasteiger partial charge is 0.294 e. The summed E-state index contributed by atoms with van der Waals surface area (Å²) in [6, 6.07) is -0.0890. The van der Waals surface area contributed by atoms with Crippen molar-refractivity contribution in [3.8, 4) is 0 Å². The van der Waals surface area contributed by atoms with Crippen LogP contribution >= 0.6 is 0 Å². The summed E-state index contributed by atoms with van der Waals surface area (Å²) in [5.41, 5.74) is -6.73. The monoisotopic (exact) mass is 559 g/mol. The minimum atomic E-state index is -8.41. The quantitative estimate of drug-likeness (QED) is 0.253. The number of alkyl halides is 15. The molecule has 1 aromatic heterocycles. The Balaban J connectivity index is 4.01. The Labute approximate surface area is 192 Å². The van der Waals surface area contributed by atoms with E-state index in [0.29, 0.717) is 6.92 Å². The number of ketones is 1. The van der Waals surface area contributed by atoms with E-state index in [1.807, 2.05) is 0 Å². The third-order valence-corrected chi connectivity index (χ3v) is 4.99. The number of carbonyl (C=O) groups is 1. The van der Waals surface area contributed by atoms with Gasteiger partial charge >= 0.3 is 41.7 Å². The first kappa shape index (κ1) is 31.8. The molecule has 0 bridgehead atoms. The van der Waals surface area contributed by atoms with E-state index in [9.17, 15) is 70.7 Å². The van der Waals surface area contributed by atoms with Crippen LogP contribution in [0.3, 0.4) is 0 Å². The summed E-state index contributed by atoms with van der Waals surface area (Å²) < 4.78 is 204.